The minimum Gasteiger partial charge on any atom is -0.462 e. The lowest BCUT2D eigenvalue weighted by Crippen LogP contribution is -2.11. The van der Waals surface area contributed by atoms with Gasteiger partial charge in [-0.2, -0.15) is 5.10 Å². The minimum absolute atomic E-state index is 0.220. The normalized spacial score (nSPS) is 10.7. The Morgan fingerprint density at radius 2 is 2.40 bits per heavy atom. The molecule has 7 heteroatoms. The van der Waals surface area contributed by atoms with Gasteiger partial charge in [0.05, 0.1) is 12.8 Å². The van der Waals surface area contributed by atoms with Crippen LogP contribution in [0.1, 0.15) is 17.3 Å². The second-order valence-corrected chi connectivity index (χ2v) is 3.66. The van der Waals surface area contributed by atoms with Crippen molar-refractivity contribution in [3.8, 4) is 0 Å². The minimum atomic E-state index is -2.49. The number of ether oxygens (including phenoxy) is 1. The molecule has 0 radical (unpaired) electrons. The zero-order chi connectivity index (χ0) is 11.4. The Morgan fingerprint density at radius 3 is 2.93 bits per heavy atom. The average Bonchev–Trinajstić information content (AvgIpc) is 2.48. The lowest BCUT2D eigenvalue weighted by Gasteiger charge is -2.02. The third-order valence-corrected chi connectivity index (χ3v) is 2.72. The van der Waals surface area contributed by atoms with Gasteiger partial charge in [-0.15, -0.1) is 0 Å². The predicted molar refractivity (Wildman–Crippen MR) is 56.9 cm³/mol. The summed E-state index contributed by atoms with van der Waals surface area (Å²) >= 11 is 1.79. The highest BCUT2D eigenvalue weighted by Gasteiger charge is 2.18. The molecule has 0 aliphatic rings. The number of alkyl halides is 2. The van der Waals surface area contributed by atoms with Crippen molar-refractivity contribution in [1.29, 1.82) is 0 Å². The molecule has 0 bridgehead atoms. The second kappa shape index (κ2) is 5.38. The lowest BCUT2D eigenvalue weighted by atomic mass is 10.4. The first kappa shape index (κ1) is 12.3. The molecule has 84 valence electrons. The van der Waals surface area contributed by atoms with Gasteiger partial charge < -0.3 is 4.74 Å². The number of rotatable bonds is 4. The highest BCUT2D eigenvalue weighted by molar-refractivity contribution is 14.1. The number of esters is 1. The Kier molecular flexibility index (Phi) is 4.43. The fourth-order valence-electron chi connectivity index (χ4n) is 0.974. The van der Waals surface area contributed by atoms with Crippen LogP contribution in [0.15, 0.2) is 6.20 Å². The van der Waals surface area contributed by atoms with E-state index in [1.807, 2.05) is 0 Å². The van der Waals surface area contributed by atoms with Crippen LogP contribution in [-0.2, 0) is 11.3 Å². The number of hydrogen-bond acceptors (Lipinski definition) is 3. The van der Waals surface area contributed by atoms with Gasteiger partial charge in [0.25, 0.3) is 6.43 Å². The van der Waals surface area contributed by atoms with Crippen LogP contribution in [0.2, 0.25) is 0 Å². The zero-order valence-electron chi connectivity index (χ0n) is 7.91. The van der Waals surface area contributed by atoms with E-state index in [0.29, 0.717) is 3.70 Å². The molecule has 0 N–H and O–H groups in total. The Labute approximate surface area is 98.7 Å². The molecule has 4 nitrogen and oxygen atoms in total. The fraction of sp³-hybridized carbons (Fsp3) is 0.500. The maximum atomic E-state index is 12.1. The molecule has 1 rings (SSSR count). The molecule has 0 saturated carbocycles. The molecular formula is C8H9F2IN2O2. The molecule has 0 aliphatic heterocycles. The van der Waals surface area contributed by atoms with Crippen LogP contribution < -0.4 is 0 Å². The van der Waals surface area contributed by atoms with Crippen LogP contribution in [0.5, 0.6) is 0 Å². The van der Waals surface area contributed by atoms with Gasteiger partial charge in [-0.05, 0) is 29.5 Å². The predicted octanol–water partition coefficient (Wildman–Crippen LogP) is 1.93. The maximum Gasteiger partial charge on any atom is 0.342 e. The maximum absolute atomic E-state index is 12.1. The van der Waals surface area contributed by atoms with E-state index < -0.39 is 18.9 Å². The molecular weight excluding hydrogens is 321 g/mol. The number of hydrogen-bond donors (Lipinski definition) is 0. The molecule has 1 aromatic heterocycles. The van der Waals surface area contributed by atoms with Crippen molar-refractivity contribution >= 4 is 28.6 Å². The van der Waals surface area contributed by atoms with E-state index >= 15 is 0 Å². The molecule has 0 spiro atoms. The van der Waals surface area contributed by atoms with Gasteiger partial charge in [-0.25, -0.2) is 13.6 Å². The quantitative estimate of drug-likeness (QED) is 0.626. The van der Waals surface area contributed by atoms with Crippen molar-refractivity contribution < 1.29 is 18.3 Å². The fourth-order valence-corrected chi connectivity index (χ4v) is 1.66. The average molecular weight is 330 g/mol. The van der Waals surface area contributed by atoms with Gasteiger partial charge >= 0.3 is 5.97 Å². The monoisotopic (exact) mass is 330 g/mol. The van der Waals surface area contributed by atoms with Crippen molar-refractivity contribution in [3.63, 3.8) is 0 Å². The highest BCUT2D eigenvalue weighted by Crippen LogP contribution is 2.14. The van der Waals surface area contributed by atoms with Gasteiger partial charge in [0.1, 0.15) is 15.8 Å². The molecule has 15 heavy (non-hydrogen) atoms. The number of carbonyl (C=O) groups is 1. The zero-order valence-corrected chi connectivity index (χ0v) is 10.1. The Bertz CT molecular complexity index is 354. The summed E-state index contributed by atoms with van der Waals surface area (Å²) in [6.07, 6.45) is -1.25. The van der Waals surface area contributed by atoms with Gasteiger partial charge in [-0.1, -0.05) is 0 Å². The summed E-state index contributed by atoms with van der Waals surface area (Å²) in [6.45, 7) is 1.40. The Morgan fingerprint density at radius 1 is 1.73 bits per heavy atom. The first-order valence-corrected chi connectivity index (χ1v) is 5.30. The van der Waals surface area contributed by atoms with E-state index in [0.717, 1.165) is 4.68 Å². The molecule has 0 aliphatic carbocycles. The van der Waals surface area contributed by atoms with E-state index in [2.05, 4.69) is 5.10 Å². The van der Waals surface area contributed by atoms with Crippen LogP contribution in [0.3, 0.4) is 0 Å². The number of aromatic nitrogens is 2. The summed E-state index contributed by atoms with van der Waals surface area (Å²) in [6, 6.07) is 0. The summed E-state index contributed by atoms with van der Waals surface area (Å²) in [4.78, 5) is 11.3. The van der Waals surface area contributed by atoms with Crippen LogP contribution in [0.4, 0.5) is 8.78 Å². The summed E-state index contributed by atoms with van der Waals surface area (Å²) in [5.74, 6) is -0.539. The third kappa shape index (κ3) is 3.11. The number of carbonyl (C=O) groups excluding carboxylic acids is 1. The van der Waals surface area contributed by atoms with Crippen LogP contribution in [0, 0.1) is 3.70 Å². The van der Waals surface area contributed by atoms with Gasteiger partial charge in [0, 0.05) is 0 Å². The molecule has 0 atom stereocenters. The summed E-state index contributed by atoms with van der Waals surface area (Å²) in [5, 5.41) is 3.69. The topological polar surface area (TPSA) is 44.1 Å². The molecule has 0 unspecified atom stereocenters. The molecule has 0 amide bonds. The SMILES string of the molecule is CCOC(=O)c1cnn(CC(F)F)c1I. The highest BCUT2D eigenvalue weighted by atomic mass is 127. The van der Waals surface area contributed by atoms with Gasteiger partial charge in [-0.3, -0.25) is 4.68 Å². The van der Waals surface area contributed by atoms with Crippen LogP contribution in [-0.4, -0.2) is 28.8 Å². The van der Waals surface area contributed by atoms with E-state index in [9.17, 15) is 13.6 Å². The van der Waals surface area contributed by atoms with Crippen molar-refractivity contribution in [3.05, 3.63) is 15.5 Å². The van der Waals surface area contributed by atoms with Gasteiger partial charge in [0.15, 0.2) is 0 Å². The summed E-state index contributed by atoms with van der Waals surface area (Å²) in [5.41, 5.74) is 0.220. The van der Waals surface area contributed by atoms with E-state index in [1.165, 1.54) is 6.20 Å². The summed E-state index contributed by atoms with van der Waals surface area (Å²) < 4.78 is 30.3. The largest absolute Gasteiger partial charge is 0.462 e. The van der Waals surface area contributed by atoms with Gasteiger partial charge in [0.2, 0.25) is 0 Å². The van der Waals surface area contributed by atoms with Crippen LogP contribution in [0.25, 0.3) is 0 Å². The van der Waals surface area contributed by atoms with Crippen molar-refractivity contribution in [2.45, 2.75) is 19.9 Å². The number of nitrogens with zero attached hydrogens (tertiary/aromatic N) is 2. The van der Waals surface area contributed by atoms with Crippen molar-refractivity contribution in [1.82, 2.24) is 9.78 Å². The molecule has 1 aromatic rings. The number of halogens is 3. The lowest BCUT2D eigenvalue weighted by molar-refractivity contribution is 0.0524. The standard InChI is InChI=1S/C8H9F2IN2O2/c1-2-15-8(14)5-3-12-13(7(5)11)4-6(9)10/h3,6H,2,4H2,1H3. The van der Waals surface area contributed by atoms with Crippen LogP contribution >= 0.6 is 22.6 Å². The van der Waals surface area contributed by atoms with E-state index in [-0.39, 0.29) is 12.2 Å². The van der Waals surface area contributed by atoms with Crippen molar-refractivity contribution in [2.24, 2.45) is 0 Å². The molecule has 0 fully saturated rings. The Balaban J connectivity index is 2.84. The second-order valence-electron chi connectivity index (χ2n) is 2.64. The molecule has 0 saturated heterocycles. The summed E-state index contributed by atoms with van der Waals surface area (Å²) in [7, 11) is 0. The van der Waals surface area contributed by atoms with E-state index in [4.69, 9.17) is 4.74 Å². The smallest absolute Gasteiger partial charge is 0.342 e. The molecule has 0 aromatic carbocycles. The Hall–Kier alpha value is -0.730. The first-order chi connectivity index (χ1) is 7.06. The molecule has 1 heterocycles. The third-order valence-electron chi connectivity index (χ3n) is 1.58. The first-order valence-electron chi connectivity index (χ1n) is 4.22. The van der Waals surface area contributed by atoms with E-state index in [1.54, 1.807) is 29.5 Å². The van der Waals surface area contributed by atoms with Crippen molar-refractivity contribution in [2.75, 3.05) is 6.61 Å².